The number of anilines is 1. The van der Waals surface area contributed by atoms with Gasteiger partial charge >= 0.3 is 0 Å². The highest BCUT2D eigenvalue weighted by molar-refractivity contribution is 7.90. The molecule has 7 nitrogen and oxygen atoms in total. The largest absolute Gasteiger partial charge is 0.350 e. The van der Waals surface area contributed by atoms with Crippen LogP contribution in [0.15, 0.2) is 23.4 Å². The highest BCUT2D eigenvalue weighted by Crippen LogP contribution is 2.28. The molecule has 27 heavy (non-hydrogen) atoms. The van der Waals surface area contributed by atoms with Gasteiger partial charge in [-0.1, -0.05) is 6.07 Å². The third-order valence-corrected chi connectivity index (χ3v) is 6.41. The van der Waals surface area contributed by atoms with E-state index in [0.29, 0.717) is 18.2 Å². The third-order valence-electron chi connectivity index (χ3n) is 5.29. The highest BCUT2D eigenvalue weighted by atomic mass is 32.2. The number of nitrogens with one attached hydrogen (secondary N) is 2. The van der Waals surface area contributed by atoms with Crippen LogP contribution in [-0.2, 0) is 29.2 Å². The first kappa shape index (κ1) is 18.3. The van der Waals surface area contributed by atoms with Crippen molar-refractivity contribution in [1.29, 1.82) is 0 Å². The number of nitrogens with zero attached hydrogens (tertiary/aromatic N) is 3. The number of pyridine rings is 1. The molecular weight excluding hydrogens is 362 g/mol. The fourth-order valence-electron chi connectivity index (χ4n) is 3.89. The maximum atomic E-state index is 12.2. The fourth-order valence-corrected chi connectivity index (χ4v) is 4.72. The summed E-state index contributed by atoms with van der Waals surface area (Å²) in [4.78, 5) is 13.6. The van der Waals surface area contributed by atoms with E-state index >= 15 is 0 Å². The van der Waals surface area contributed by atoms with Gasteiger partial charge in [-0.3, -0.25) is 4.98 Å². The lowest BCUT2D eigenvalue weighted by Gasteiger charge is -2.24. The first-order chi connectivity index (χ1) is 13.0. The van der Waals surface area contributed by atoms with Gasteiger partial charge in [-0.15, -0.1) is 0 Å². The summed E-state index contributed by atoms with van der Waals surface area (Å²) in [6.07, 6.45) is 9.83. The van der Waals surface area contributed by atoms with Gasteiger partial charge in [-0.2, -0.15) is 0 Å². The van der Waals surface area contributed by atoms with Crippen LogP contribution in [0, 0.1) is 0 Å². The smallest absolute Gasteiger partial charge is 0.223 e. The number of aryl methyl sites for hydroxylation is 2. The first-order valence-corrected chi connectivity index (χ1v) is 11.4. The minimum Gasteiger partial charge on any atom is -0.350 e. The Morgan fingerprint density at radius 2 is 2.11 bits per heavy atom. The number of sulfone groups is 1. The summed E-state index contributed by atoms with van der Waals surface area (Å²) in [5.74, 6) is 0.553. The molecule has 1 atom stereocenters. The minimum absolute atomic E-state index is 0.0914. The first-order valence-electron chi connectivity index (χ1n) is 9.49. The van der Waals surface area contributed by atoms with Crippen LogP contribution in [0.25, 0.3) is 0 Å². The highest BCUT2D eigenvalue weighted by Gasteiger charge is 2.25. The Labute approximate surface area is 160 Å². The van der Waals surface area contributed by atoms with Crippen molar-refractivity contribution in [2.45, 2.75) is 49.5 Å². The van der Waals surface area contributed by atoms with Gasteiger partial charge in [0.15, 0.2) is 9.84 Å². The van der Waals surface area contributed by atoms with E-state index in [2.05, 4.69) is 31.7 Å². The van der Waals surface area contributed by atoms with E-state index < -0.39 is 9.84 Å². The standard InChI is InChI=1S/C19H25N5O2S/c1-27(25,26)17-12-23-19(24-18(17)15-5-3-7-20-11-15)22-10-13-8-14-4-2-6-16(14)21-9-13/h8-9,12,15,20H,2-7,10-11H2,1H3,(H,22,23,24)/t15-/m1/s1. The minimum atomic E-state index is -3.36. The van der Waals surface area contributed by atoms with Gasteiger partial charge in [0, 0.05) is 37.2 Å². The quantitative estimate of drug-likeness (QED) is 0.808. The van der Waals surface area contributed by atoms with E-state index in [9.17, 15) is 8.42 Å². The lowest BCUT2D eigenvalue weighted by molar-refractivity contribution is 0.448. The molecule has 0 spiro atoms. The second-order valence-corrected chi connectivity index (χ2v) is 9.40. The van der Waals surface area contributed by atoms with Crippen LogP contribution >= 0.6 is 0 Å². The van der Waals surface area contributed by atoms with E-state index in [4.69, 9.17) is 0 Å². The molecule has 144 valence electrons. The number of hydrogen-bond donors (Lipinski definition) is 2. The van der Waals surface area contributed by atoms with Gasteiger partial charge in [-0.05, 0) is 49.8 Å². The summed E-state index contributed by atoms with van der Waals surface area (Å²) in [5, 5.41) is 6.56. The van der Waals surface area contributed by atoms with Gasteiger partial charge in [0.1, 0.15) is 4.90 Å². The van der Waals surface area contributed by atoms with Crippen LogP contribution < -0.4 is 10.6 Å². The molecule has 4 rings (SSSR count). The zero-order chi connectivity index (χ0) is 18.9. The monoisotopic (exact) mass is 387 g/mol. The number of rotatable bonds is 5. The van der Waals surface area contributed by atoms with Crippen molar-refractivity contribution >= 4 is 15.8 Å². The van der Waals surface area contributed by atoms with Gasteiger partial charge in [0.2, 0.25) is 5.95 Å². The molecule has 0 radical (unpaired) electrons. The van der Waals surface area contributed by atoms with Crippen LogP contribution in [0.5, 0.6) is 0 Å². The van der Waals surface area contributed by atoms with E-state index in [1.54, 1.807) is 0 Å². The van der Waals surface area contributed by atoms with Crippen molar-refractivity contribution in [3.8, 4) is 0 Å². The molecule has 2 aliphatic rings. The Bertz CT molecular complexity index is 939. The molecule has 2 aromatic rings. The van der Waals surface area contributed by atoms with E-state index in [-0.39, 0.29) is 10.8 Å². The molecule has 2 aromatic heterocycles. The molecular formula is C19H25N5O2S. The SMILES string of the molecule is CS(=O)(=O)c1cnc(NCc2cnc3c(c2)CCC3)nc1[C@@H]1CCCNC1. The Balaban J connectivity index is 1.56. The van der Waals surface area contributed by atoms with E-state index in [1.807, 2.05) is 6.20 Å². The van der Waals surface area contributed by atoms with Crippen molar-refractivity contribution in [3.63, 3.8) is 0 Å². The van der Waals surface area contributed by atoms with Crippen LogP contribution in [0.2, 0.25) is 0 Å². The summed E-state index contributed by atoms with van der Waals surface area (Å²) in [6.45, 7) is 2.28. The Morgan fingerprint density at radius 1 is 1.22 bits per heavy atom. The number of fused-ring (bicyclic) bond motifs is 1. The van der Waals surface area contributed by atoms with Crippen molar-refractivity contribution in [1.82, 2.24) is 20.3 Å². The number of piperidine rings is 1. The summed E-state index contributed by atoms with van der Waals surface area (Å²) in [5.41, 5.74) is 4.25. The summed E-state index contributed by atoms with van der Waals surface area (Å²) >= 11 is 0. The topological polar surface area (TPSA) is 96.9 Å². The second-order valence-electron chi connectivity index (χ2n) is 7.42. The Kier molecular flexibility index (Phi) is 5.10. The molecule has 2 N–H and O–H groups in total. The van der Waals surface area contributed by atoms with Crippen LogP contribution in [-0.4, -0.2) is 42.7 Å². The predicted molar refractivity (Wildman–Crippen MR) is 104 cm³/mol. The van der Waals surface area contributed by atoms with Crippen LogP contribution in [0.1, 0.15) is 47.7 Å². The molecule has 0 unspecified atom stereocenters. The number of hydrogen-bond acceptors (Lipinski definition) is 7. The van der Waals surface area contributed by atoms with Crippen molar-refractivity contribution in [2.75, 3.05) is 24.7 Å². The summed E-state index contributed by atoms with van der Waals surface area (Å²) < 4.78 is 24.3. The average molecular weight is 388 g/mol. The zero-order valence-electron chi connectivity index (χ0n) is 15.5. The van der Waals surface area contributed by atoms with Crippen LogP contribution in [0.4, 0.5) is 5.95 Å². The third kappa shape index (κ3) is 4.11. The maximum Gasteiger partial charge on any atom is 0.223 e. The summed E-state index contributed by atoms with van der Waals surface area (Å²) in [7, 11) is -3.36. The van der Waals surface area contributed by atoms with E-state index in [0.717, 1.165) is 44.3 Å². The molecule has 0 amide bonds. The fraction of sp³-hybridized carbons (Fsp3) is 0.526. The molecule has 0 aromatic carbocycles. The van der Waals surface area contributed by atoms with Crippen LogP contribution in [0.3, 0.4) is 0 Å². The lowest BCUT2D eigenvalue weighted by atomic mass is 9.96. The maximum absolute atomic E-state index is 12.2. The van der Waals surface area contributed by atoms with Gasteiger partial charge in [0.05, 0.1) is 11.9 Å². The van der Waals surface area contributed by atoms with E-state index in [1.165, 1.54) is 30.1 Å². The van der Waals surface area contributed by atoms with Crippen molar-refractivity contribution in [2.24, 2.45) is 0 Å². The summed E-state index contributed by atoms with van der Waals surface area (Å²) in [6, 6.07) is 2.19. The van der Waals surface area contributed by atoms with Crippen molar-refractivity contribution < 1.29 is 8.42 Å². The molecule has 8 heteroatoms. The molecule has 1 saturated heterocycles. The predicted octanol–water partition coefficient (Wildman–Crippen LogP) is 1.84. The number of aromatic nitrogens is 3. The van der Waals surface area contributed by atoms with Gasteiger partial charge in [0.25, 0.3) is 0 Å². The lowest BCUT2D eigenvalue weighted by Crippen LogP contribution is -2.30. The molecule has 3 heterocycles. The molecule has 1 aliphatic carbocycles. The molecule has 0 bridgehead atoms. The van der Waals surface area contributed by atoms with Gasteiger partial charge < -0.3 is 10.6 Å². The van der Waals surface area contributed by atoms with Gasteiger partial charge in [-0.25, -0.2) is 18.4 Å². The zero-order valence-corrected chi connectivity index (χ0v) is 16.3. The average Bonchev–Trinajstić information content (AvgIpc) is 3.14. The molecule has 0 saturated carbocycles. The normalized spacial score (nSPS) is 19.7. The Morgan fingerprint density at radius 3 is 2.89 bits per heavy atom. The Hall–Kier alpha value is -2.06. The molecule has 1 aliphatic heterocycles. The molecule has 1 fully saturated rings. The second kappa shape index (κ2) is 7.52. The van der Waals surface area contributed by atoms with Crippen molar-refractivity contribution in [3.05, 3.63) is 41.0 Å².